The monoisotopic (exact) mass is 262 g/mol. The summed E-state index contributed by atoms with van der Waals surface area (Å²) in [5.74, 6) is 0. The summed E-state index contributed by atoms with van der Waals surface area (Å²) >= 11 is 0. The van der Waals surface area contributed by atoms with Gasteiger partial charge >= 0.3 is 0 Å². The summed E-state index contributed by atoms with van der Waals surface area (Å²) in [5, 5.41) is 8.79. The van der Waals surface area contributed by atoms with Gasteiger partial charge in [-0.05, 0) is 40.8 Å². The maximum Gasteiger partial charge on any atom is 0.293 e. The minimum atomic E-state index is -0.318. The zero-order valence-electron chi connectivity index (χ0n) is 12.7. The second-order valence-corrected chi connectivity index (χ2v) is 5.33. The van der Waals surface area contributed by atoms with Crippen LogP contribution in [0.25, 0.3) is 0 Å². The summed E-state index contributed by atoms with van der Waals surface area (Å²) < 4.78 is 4.55. The Labute approximate surface area is 111 Å². The first-order valence-electron chi connectivity index (χ1n) is 6.42. The van der Waals surface area contributed by atoms with E-state index in [2.05, 4.69) is 9.64 Å². The molecule has 1 fully saturated rings. The van der Waals surface area contributed by atoms with Gasteiger partial charge in [-0.1, -0.05) is 13.8 Å². The molecular formula is C13H30N2O3. The van der Waals surface area contributed by atoms with Gasteiger partial charge in [0.1, 0.15) is 5.60 Å². The fourth-order valence-electron chi connectivity index (χ4n) is 1.38. The second-order valence-electron chi connectivity index (χ2n) is 5.33. The van der Waals surface area contributed by atoms with Crippen LogP contribution in [-0.2, 0) is 9.53 Å². The Hall–Kier alpha value is -0.650. The third-order valence-corrected chi connectivity index (χ3v) is 2.29. The SMILES string of the molecule is CC.CC(C)(C)OC=O.CN1CCC(N)(CO)C1. The number of likely N-dealkylation sites (tertiary alicyclic amines) is 1. The molecule has 1 heterocycles. The van der Waals surface area contributed by atoms with E-state index in [1.807, 2.05) is 41.7 Å². The third kappa shape index (κ3) is 10.5. The predicted molar refractivity (Wildman–Crippen MR) is 74.4 cm³/mol. The Morgan fingerprint density at radius 1 is 1.44 bits per heavy atom. The molecule has 0 bridgehead atoms. The van der Waals surface area contributed by atoms with Crippen LogP contribution in [0.15, 0.2) is 0 Å². The lowest BCUT2D eigenvalue weighted by atomic mass is 10.0. The molecule has 1 unspecified atom stereocenters. The first-order valence-corrected chi connectivity index (χ1v) is 6.42. The van der Waals surface area contributed by atoms with Crippen LogP contribution < -0.4 is 5.73 Å². The van der Waals surface area contributed by atoms with Crippen molar-refractivity contribution in [3.05, 3.63) is 0 Å². The normalized spacial score (nSPS) is 23.3. The van der Waals surface area contributed by atoms with Gasteiger partial charge in [0.2, 0.25) is 0 Å². The molecule has 1 aliphatic rings. The van der Waals surface area contributed by atoms with Crippen LogP contribution in [0.3, 0.4) is 0 Å². The lowest BCUT2D eigenvalue weighted by Crippen LogP contribution is -2.45. The average molecular weight is 262 g/mol. The smallest absolute Gasteiger partial charge is 0.293 e. The molecule has 5 heteroatoms. The van der Waals surface area contributed by atoms with Crippen LogP contribution in [0.5, 0.6) is 0 Å². The molecule has 110 valence electrons. The third-order valence-electron chi connectivity index (χ3n) is 2.29. The van der Waals surface area contributed by atoms with Crippen molar-refractivity contribution in [3.63, 3.8) is 0 Å². The maximum absolute atomic E-state index is 9.60. The molecule has 3 N–H and O–H groups in total. The quantitative estimate of drug-likeness (QED) is 0.726. The number of carbonyl (C=O) groups excluding carboxylic acids is 1. The number of nitrogens with two attached hydrogens (primary N) is 1. The minimum Gasteiger partial charge on any atom is -0.462 e. The molecule has 1 saturated heterocycles. The van der Waals surface area contributed by atoms with Gasteiger partial charge in [-0.15, -0.1) is 0 Å². The maximum atomic E-state index is 9.60. The second kappa shape index (κ2) is 9.30. The van der Waals surface area contributed by atoms with Crippen molar-refractivity contribution in [2.24, 2.45) is 5.73 Å². The molecule has 1 aliphatic heterocycles. The first-order chi connectivity index (χ1) is 8.22. The highest BCUT2D eigenvalue weighted by molar-refractivity contribution is 5.37. The Morgan fingerprint density at radius 3 is 2.06 bits per heavy atom. The van der Waals surface area contributed by atoms with Gasteiger partial charge in [0, 0.05) is 6.54 Å². The average Bonchev–Trinajstić information content (AvgIpc) is 2.62. The summed E-state index contributed by atoms with van der Waals surface area (Å²) in [6, 6.07) is 0. The Bertz CT molecular complexity index is 217. The Morgan fingerprint density at radius 2 is 1.94 bits per heavy atom. The van der Waals surface area contributed by atoms with E-state index in [9.17, 15) is 4.79 Å². The summed E-state index contributed by atoms with van der Waals surface area (Å²) in [6.45, 7) is 11.9. The zero-order chi connectivity index (χ0) is 14.8. The first kappa shape index (κ1) is 19.7. The standard InChI is InChI=1S/C6H14N2O.C5H10O2.C2H6/c1-8-3-2-6(7,4-8)5-9;1-5(2,3)7-4-6;1-2/h9H,2-5,7H2,1H3;4H,1-3H3;1-2H3. The van der Waals surface area contributed by atoms with E-state index in [1.54, 1.807) is 0 Å². The van der Waals surface area contributed by atoms with Crippen molar-refractivity contribution in [1.82, 2.24) is 4.90 Å². The van der Waals surface area contributed by atoms with Crippen molar-refractivity contribution in [1.29, 1.82) is 0 Å². The molecule has 0 amide bonds. The van der Waals surface area contributed by atoms with Crippen molar-refractivity contribution < 1.29 is 14.6 Å². The number of aliphatic hydroxyl groups excluding tert-OH is 1. The number of rotatable bonds is 2. The van der Waals surface area contributed by atoms with Gasteiger partial charge in [0.25, 0.3) is 6.47 Å². The van der Waals surface area contributed by atoms with E-state index in [4.69, 9.17) is 10.8 Å². The number of carbonyl (C=O) groups is 1. The summed E-state index contributed by atoms with van der Waals surface area (Å²) in [6.07, 6.45) is 0.917. The molecule has 1 rings (SSSR count). The van der Waals surface area contributed by atoms with Crippen LogP contribution >= 0.6 is 0 Å². The van der Waals surface area contributed by atoms with E-state index in [0.717, 1.165) is 19.5 Å². The molecule has 0 spiro atoms. The number of aliphatic hydroxyl groups is 1. The van der Waals surface area contributed by atoms with Gasteiger partial charge in [-0.3, -0.25) is 4.79 Å². The Balaban J connectivity index is 0. The summed E-state index contributed by atoms with van der Waals surface area (Å²) in [4.78, 5) is 11.7. The molecule has 0 aromatic heterocycles. The highest BCUT2D eigenvalue weighted by Gasteiger charge is 2.31. The highest BCUT2D eigenvalue weighted by Crippen LogP contribution is 2.15. The Kier molecular flexibility index (Phi) is 10.2. The lowest BCUT2D eigenvalue weighted by Gasteiger charge is -2.19. The van der Waals surface area contributed by atoms with E-state index < -0.39 is 0 Å². The van der Waals surface area contributed by atoms with E-state index in [0.29, 0.717) is 6.47 Å². The number of likely N-dealkylation sites (N-methyl/N-ethyl adjacent to an activating group) is 1. The summed E-state index contributed by atoms with van der Waals surface area (Å²) in [5.41, 5.74) is 5.13. The molecule has 0 aromatic carbocycles. The largest absolute Gasteiger partial charge is 0.462 e. The van der Waals surface area contributed by atoms with Gasteiger partial charge < -0.3 is 20.5 Å². The van der Waals surface area contributed by atoms with Crippen LogP contribution in [0.1, 0.15) is 41.0 Å². The molecule has 5 nitrogen and oxygen atoms in total. The van der Waals surface area contributed by atoms with Crippen LogP contribution in [-0.4, -0.2) is 54.4 Å². The molecule has 0 saturated carbocycles. The molecule has 0 radical (unpaired) electrons. The van der Waals surface area contributed by atoms with Crippen molar-refractivity contribution in [2.45, 2.75) is 52.2 Å². The van der Waals surface area contributed by atoms with Gasteiger partial charge in [0.15, 0.2) is 0 Å². The molecule has 0 aliphatic carbocycles. The minimum absolute atomic E-state index is 0.108. The highest BCUT2D eigenvalue weighted by atomic mass is 16.5. The fourth-order valence-corrected chi connectivity index (χ4v) is 1.38. The fraction of sp³-hybridized carbons (Fsp3) is 0.923. The number of nitrogens with zero attached hydrogens (tertiary/aromatic N) is 1. The number of hydrogen-bond acceptors (Lipinski definition) is 5. The van der Waals surface area contributed by atoms with Gasteiger partial charge in [-0.2, -0.15) is 0 Å². The van der Waals surface area contributed by atoms with Crippen LogP contribution in [0.2, 0.25) is 0 Å². The van der Waals surface area contributed by atoms with E-state index in [-0.39, 0.29) is 17.7 Å². The van der Waals surface area contributed by atoms with Gasteiger partial charge in [0.05, 0.1) is 12.1 Å². The zero-order valence-corrected chi connectivity index (χ0v) is 12.7. The van der Waals surface area contributed by atoms with Crippen molar-refractivity contribution >= 4 is 6.47 Å². The molecular weight excluding hydrogens is 232 g/mol. The van der Waals surface area contributed by atoms with E-state index >= 15 is 0 Å². The summed E-state index contributed by atoms with van der Waals surface area (Å²) in [7, 11) is 2.02. The predicted octanol–water partition coefficient (Wildman–Crippen LogP) is 0.996. The molecule has 1 atom stereocenters. The van der Waals surface area contributed by atoms with Crippen LogP contribution in [0, 0.1) is 0 Å². The number of hydrogen-bond donors (Lipinski definition) is 2. The van der Waals surface area contributed by atoms with Crippen molar-refractivity contribution in [3.8, 4) is 0 Å². The molecule has 0 aromatic rings. The lowest BCUT2D eigenvalue weighted by molar-refractivity contribution is -0.138. The molecule has 18 heavy (non-hydrogen) atoms. The van der Waals surface area contributed by atoms with Crippen molar-refractivity contribution in [2.75, 3.05) is 26.7 Å². The topological polar surface area (TPSA) is 75.8 Å². The van der Waals surface area contributed by atoms with Crippen LogP contribution in [0.4, 0.5) is 0 Å². The van der Waals surface area contributed by atoms with Gasteiger partial charge in [-0.25, -0.2) is 0 Å². The van der Waals surface area contributed by atoms with E-state index in [1.165, 1.54) is 0 Å². The number of ether oxygens (including phenoxy) is 1.